The third-order valence-electron chi connectivity index (χ3n) is 4.43. The summed E-state index contributed by atoms with van der Waals surface area (Å²) in [6.45, 7) is 1.54. The predicted octanol–water partition coefficient (Wildman–Crippen LogP) is 3.56. The van der Waals surface area contributed by atoms with Crippen molar-refractivity contribution in [1.29, 1.82) is 5.26 Å². The lowest BCUT2D eigenvalue weighted by Crippen LogP contribution is -2.41. The topological polar surface area (TPSA) is 92.1 Å². The van der Waals surface area contributed by atoms with Crippen LogP contribution in [0.3, 0.4) is 0 Å². The Hall–Kier alpha value is -3.90. The van der Waals surface area contributed by atoms with Gasteiger partial charge in [0.1, 0.15) is 5.56 Å². The van der Waals surface area contributed by atoms with Crippen LogP contribution in [0.15, 0.2) is 65.5 Å². The number of carbonyl (C=O) groups excluding carboxylic acids is 1. The number of benzene rings is 2. The molecular formula is C21H15F3N4O2. The summed E-state index contributed by atoms with van der Waals surface area (Å²) >= 11 is 0. The van der Waals surface area contributed by atoms with E-state index in [9.17, 15) is 22.8 Å². The Morgan fingerprint density at radius 1 is 1.10 bits per heavy atom. The number of pyridine rings is 1. The van der Waals surface area contributed by atoms with E-state index < -0.39 is 23.2 Å². The molecular weight excluding hydrogens is 397 g/mol. The van der Waals surface area contributed by atoms with Crippen LogP contribution in [-0.4, -0.2) is 10.5 Å². The Morgan fingerprint density at radius 3 is 2.37 bits per heavy atom. The van der Waals surface area contributed by atoms with E-state index >= 15 is 0 Å². The van der Waals surface area contributed by atoms with Crippen LogP contribution in [0.5, 0.6) is 0 Å². The third-order valence-corrected chi connectivity index (χ3v) is 4.43. The van der Waals surface area contributed by atoms with Gasteiger partial charge in [-0.3, -0.25) is 14.2 Å². The summed E-state index contributed by atoms with van der Waals surface area (Å²) in [7, 11) is 0. The van der Waals surface area contributed by atoms with E-state index in [1.165, 1.54) is 55.5 Å². The van der Waals surface area contributed by atoms with Crippen LogP contribution in [-0.2, 0) is 6.18 Å². The van der Waals surface area contributed by atoms with Crippen LogP contribution in [0.1, 0.15) is 27.2 Å². The van der Waals surface area contributed by atoms with Crippen LogP contribution in [0, 0.1) is 18.3 Å². The van der Waals surface area contributed by atoms with Crippen LogP contribution in [0.2, 0.25) is 0 Å². The number of carbonyl (C=O) groups is 1. The maximum absolute atomic E-state index is 13.1. The first-order chi connectivity index (χ1) is 14.1. The number of amides is 1. The van der Waals surface area contributed by atoms with Gasteiger partial charge in [-0.05, 0) is 61.5 Å². The van der Waals surface area contributed by atoms with Crippen LogP contribution in [0.25, 0.3) is 5.69 Å². The zero-order valence-electron chi connectivity index (χ0n) is 15.6. The number of hydrogen-bond acceptors (Lipinski definition) is 4. The normalized spacial score (nSPS) is 11.1. The van der Waals surface area contributed by atoms with Crippen LogP contribution >= 0.6 is 0 Å². The Balaban J connectivity index is 2.05. The molecule has 0 fully saturated rings. The molecule has 0 unspecified atom stereocenters. The Kier molecular flexibility index (Phi) is 5.45. The molecule has 0 aliphatic carbocycles. The molecule has 1 heterocycles. The van der Waals surface area contributed by atoms with Crippen molar-refractivity contribution in [3.8, 4) is 11.8 Å². The smallest absolute Gasteiger partial charge is 0.281 e. The van der Waals surface area contributed by atoms with Crippen LogP contribution in [0.4, 0.5) is 18.9 Å². The van der Waals surface area contributed by atoms with Gasteiger partial charge in [-0.25, -0.2) is 10.9 Å². The highest BCUT2D eigenvalue weighted by molar-refractivity contribution is 6.05. The van der Waals surface area contributed by atoms with Gasteiger partial charge in [-0.15, -0.1) is 0 Å². The first kappa shape index (κ1) is 20.8. The van der Waals surface area contributed by atoms with Gasteiger partial charge in [0.2, 0.25) is 0 Å². The maximum atomic E-state index is 13.1. The number of anilines is 1. The second-order valence-electron chi connectivity index (χ2n) is 6.41. The van der Waals surface area contributed by atoms with Crippen LogP contribution < -0.4 is 16.4 Å². The van der Waals surface area contributed by atoms with Gasteiger partial charge in [-0.1, -0.05) is 6.07 Å². The van der Waals surface area contributed by atoms with E-state index in [0.717, 1.165) is 21.7 Å². The van der Waals surface area contributed by atoms with E-state index in [2.05, 4.69) is 0 Å². The fraction of sp³-hybridized carbons (Fsp3) is 0.0952. The molecule has 2 aromatic carbocycles. The first-order valence-corrected chi connectivity index (χ1v) is 8.63. The number of alkyl halides is 3. The minimum absolute atomic E-state index is 0.0241. The fourth-order valence-corrected chi connectivity index (χ4v) is 2.88. The molecule has 3 aromatic rings. The molecule has 0 saturated carbocycles. The maximum Gasteiger partial charge on any atom is 0.416 e. The second-order valence-corrected chi connectivity index (χ2v) is 6.41. The lowest BCUT2D eigenvalue weighted by Gasteiger charge is -2.18. The van der Waals surface area contributed by atoms with E-state index in [4.69, 9.17) is 11.1 Å². The summed E-state index contributed by atoms with van der Waals surface area (Å²) < 4.78 is 40.2. The summed E-state index contributed by atoms with van der Waals surface area (Å²) in [5.41, 5.74) is -1.11. The predicted molar refractivity (Wildman–Crippen MR) is 104 cm³/mol. The van der Waals surface area contributed by atoms with Crippen molar-refractivity contribution in [2.45, 2.75) is 13.1 Å². The highest BCUT2D eigenvalue weighted by atomic mass is 19.4. The summed E-state index contributed by atoms with van der Waals surface area (Å²) in [5, 5.41) is 9.59. The molecule has 1 amide bonds. The van der Waals surface area contributed by atoms with E-state index in [1.807, 2.05) is 6.07 Å². The number of aromatic nitrogens is 1. The van der Waals surface area contributed by atoms with Crippen molar-refractivity contribution in [1.82, 2.24) is 4.57 Å². The lowest BCUT2D eigenvalue weighted by atomic mass is 10.1. The third kappa shape index (κ3) is 3.94. The summed E-state index contributed by atoms with van der Waals surface area (Å²) in [6.07, 6.45) is -4.58. The van der Waals surface area contributed by atoms with E-state index in [0.29, 0.717) is 11.3 Å². The molecule has 0 aliphatic rings. The highest BCUT2D eigenvalue weighted by Gasteiger charge is 2.31. The molecule has 2 N–H and O–H groups in total. The molecule has 3 rings (SSSR count). The molecule has 152 valence electrons. The lowest BCUT2D eigenvalue weighted by molar-refractivity contribution is -0.137. The number of aryl methyl sites for hydroxylation is 1. The average Bonchev–Trinajstić information content (AvgIpc) is 2.72. The van der Waals surface area contributed by atoms with Crippen molar-refractivity contribution < 1.29 is 18.0 Å². The SMILES string of the molecule is Cc1ccc(C(=O)N(N)c2ccc(C#N)cc2)c(=O)n1-c1cccc(C(F)(F)F)c1. The Labute approximate surface area is 169 Å². The van der Waals surface area contributed by atoms with Gasteiger partial charge < -0.3 is 0 Å². The van der Waals surface area contributed by atoms with E-state index in [1.54, 1.807) is 0 Å². The molecule has 0 atom stereocenters. The summed E-state index contributed by atoms with van der Waals surface area (Å²) in [6, 6.07) is 14.7. The summed E-state index contributed by atoms with van der Waals surface area (Å²) in [4.78, 5) is 25.7. The molecule has 0 bridgehead atoms. The fourth-order valence-electron chi connectivity index (χ4n) is 2.88. The molecule has 0 radical (unpaired) electrons. The number of halogens is 3. The minimum Gasteiger partial charge on any atom is -0.281 e. The molecule has 0 aliphatic heterocycles. The van der Waals surface area contributed by atoms with Crippen molar-refractivity contribution in [3.63, 3.8) is 0 Å². The molecule has 0 saturated heterocycles. The molecule has 30 heavy (non-hydrogen) atoms. The number of nitrogens with two attached hydrogens (primary N) is 1. The molecule has 1 aromatic heterocycles. The van der Waals surface area contributed by atoms with Gasteiger partial charge >= 0.3 is 6.18 Å². The van der Waals surface area contributed by atoms with Gasteiger partial charge in [-0.2, -0.15) is 18.4 Å². The van der Waals surface area contributed by atoms with Gasteiger partial charge in [0, 0.05) is 11.4 Å². The second kappa shape index (κ2) is 7.85. The first-order valence-electron chi connectivity index (χ1n) is 8.63. The molecule has 0 spiro atoms. The van der Waals surface area contributed by atoms with E-state index in [-0.39, 0.29) is 16.9 Å². The van der Waals surface area contributed by atoms with Crippen molar-refractivity contribution in [3.05, 3.63) is 93.4 Å². The Bertz CT molecular complexity index is 1210. The Morgan fingerprint density at radius 2 is 1.77 bits per heavy atom. The number of hydrazine groups is 1. The number of nitrogens with zero attached hydrogens (tertiary/aromatic N) is 3. The number of nitriles is 1. The standard InChI is InChI=1S/C21H15F3N4O2/c1-13-5-10-18(20(30)28(26)16-8-6-14(12-25)7-9-16)19(29)27(13)17-4-2-3-15(11-17)21(22,23)24/h2-11H,26H2,1H3. The largest absolute Gasteiger partial charge is 0.416 e. The van der Waals surface area contributed by atoms with Crippen molar-refractivity contribution >= 4 is 11.6 Å². The monoisotopic (exact) mass is 412 g/mol. The summed E-state index contributed by atoms with van der Waals surface area (Å²) in [5.74, 6) is 5.00. The molecule has 9 heteroatoms. The number of hydrogen-bond donors (Lipinski definition) is 1. The van der Waals surface area contributed by atoms with Crippen molar-refractivity contribution in [2.75, 3.05) is 5.01 Å². The van der Waals surface area contributed by atoms with Gasteiger partial charge in [0.15, 0.2) is 0 Å². The van der Waals surface area contributed by atoms with Gasteiger partial charge in [0.05, 0.1) is 22.9 Å². The zero-order valence-corrected chi connectivity index (χ0v) is 15.6. The van der Waals surface area contributed by atoms with Gasteiger partial charge in [0.25, 0.3) is 11.5 Å². The van der Waals surface area contributed by atoms with Crippen molar-refractivity contribution in [2.24, 2.45) is 5.84 Å². The average molecular weight is 412 g/mol. The minimum atomic E-state index is -4.58. The molecule has 6 nitrogen and oxygen atoms in total. The quantitative estimate of drug-likeness (QED) is 0.405. The number of rotatable bonds is 3. The highest BCUT2D eigenvalue weighted by Crippen LogP contribution is 2.30. The zero-order chi connectivity index (χ0) is 22.1.